The summed E-state index contributed by atoms with van der Waals surface area (Å²) >= 11 is 0. The number of carbonyl (C=O) groups excluding carboxylic acids is 1. The lowest BCUT2D eigenvalue weighted by Crippen LogP contribution is -2.49. The fourth-order valence-corrected chi connectivity index (χ4v) is 5.06. The number of hydrogen-bond acceptors (Lipinski definition) is 7. The lowest BCUT2D eigenvalue weighted by molar-refractivity contribution is -0.137. The molecule has 1 aromatic heterocycles. The average Bonchev–Trinajstić information content (AvgIpc) is 2.88. The number of amides is 1. The van der Waals surface area contributed by atoms with Crippen LogP contribution in [-0.4, -0.2) is 60.0 Å². The maximum absolute atomic E-state index is 13.1. The van der Waals surface area contributed by atoms with Gasteiger partial charge in [0, 0.05) is 38.6 Å². The third kappa shape index (κ3) is 5.26. The quantitative estimate of drug-likeness (QED) is 0.403. The number of nitrogens with zero attached hydrogens (tertiary/aromatic N) is 4. The molecule has 35 heavy (non-hydrogen) atoms. The van der Waals surface area contributed by atoms with Crippen molar-refractivity contribution in [2.45, 2.75) is 11.1 Å². The lowest BCUT2D eigenvalue weighted by Gasteiger charge is -2.34. The first-order valence-electron chi connectivity index (χ1n) is 10.4. The lowest BCUT2D eigenvalue weighted by atomic mass is 10.0. The molecule has 184 valence electrons. The molecule has 2 N–H and O–H groups in total. The zero-order chi connectivity index (χ0) is 25.2. The highest BCUT2D eigenvalue weighted by Crippen LogP contribution is 2.32. The van der Waals surface area contributed by atoms with E-state index >= 15 is 0 Å². The van der Waals surface area contributed by atoms with Gasteiger partial charge in [-0.2, -0.15) is 17.5 Å². The molecule has 0 radical (unpaired) electrons. The minimum absolute atomic E-state index is 0.0392. The Morgan fingerprint density at radius 2 is 1.57 bits per heavy atom. The van der Waals surface area contributed by atoms with Gasteiger partial charge < -0.3 is 4.90 Å². The number of rotatable bonds is 5. The maximum atomic E-state index is 13.1. The molecule has 0 spiro atoms. The molecule has 1 fully saturated rings. The minimum Gasteiger partial charge on any atom is -0.338 e. The van der Waals surface area contributed by atoms with E-state index in [2.05, 4.69) is 9.97 Å². The van der Waals surface area contributed by atoms with Crippen LogP contribution >= 0.6 is 0 Å². The summed E-state index contributed by atoms with van der Waals surface area (Å²) in [6, 6.07) is 10.6. The molecule has 9 nitrogen and oxygen atoms in total. The molecule has 0 unspecified atom stereocenters. The van der Waals surface area contributed by atoms with Crippen LogP contribution in [0.5, 0.6) is 0 Å². The van der Waals surface area contributed by atoms with Gasteiger partial charge in [-0.05, 0) is 35.4 Å². The second-order valence-electron chi connectivity index (χ2n) is 7.71. The fourth-order valence-electron chi connectivity index (χ4n) is 3.64. The molecule has 0 bridgehead atoms. The first kappa shape index (κ1) is 24.6. The van der Waals surface area contributed by atoms with Crippen LogP contribution in [0.4, 0.5) is 19.1 Å². The number of hydroxylamine groups is 1. The van der Waals surface area contributed by atoms with Crippen LogP contribution in [0.1, 0.15) is 15.9 Å². The van der Waals surface area contributed by atoms with Crippen LogP contribution in [0, 0.1) is 0 Å². The summed E-state index contributed by atoms with van der Waals surface area (Å²) < 4.78 is 66.4. The summed E-state index contributed by atoms with van der Waals surface area (Å²) in [5, 5.41) is 8.65. The third-order valence-corrected chi connectivity index (χ3v) is 7.45. The maximum Gasteiger partial charge on any atom is 0.416 e. The van der Waals surface area contributed by atoms with Gasteiger partial charge in [0.05, 0.1) is 16.0 Å². The van der Waals surface area contributed by atoms with Gasteiger partial charge in [0.1, 0.15) is 0 Å². The smallest absolute Gasteiger partial charge is 0.338 e. The summed E-state index contributed by atoms with van der Waals surface area (Å²) in [7, 11) is -3.81. The van der Waals surface area contributed by atoms with E-state index in [1.807, 2.05) is 0 Å². The number of nitrogens with one attached hydrogen (secondary N) is 1. The van der Waals surface area contributed by atoms with Crippen molar-refractivity contribution in [3.63, 3.8) is 0 Å². The Balaban J connectivity index is 1.44. The Hall–Kier alpha value is -3.55. The van der Waals surface area contributed by atoms with E-state index in [4.69, 9.17) is 5.21 Å². The van der Waals surface area contributed by atoms with Gasteiger partial charge in [-0.15, -0.1) is 0 Å². The van der Waals surface area contributed by atoms with Crippen LogP contribution in [-0.2, 0) is 16.2 Å². The van der Waals surface area contributed by atoms with Crippen molar-refractivity contribution >= 4 is 21.9 Å². The van der Waals surface area contributed by atoms with Crippen LogP contribution in [0.25, 0.3) is 11.1 Å². The van der Waals surface area contributed by atoms with E-state index < -0.39 is 27.7 Å². The fraction of sp³-hybridized carbons (Fsp3) is 0.227. The normalized spacial score (nSPS) is 15.1. The summed E-state index contributed by atoms with van der Waals surface area (Å²) in [5.74, 6) is -0.423. The van der Waals surface area contributed by atoms with Crippen LogP contribution < -0.4 is 10.4 Å². The second kappa shape index (κ2) is 9.60. The molecule has 1 saturated heterocycles. The van der Waals surface area contributed by atoms with Crippen molar-refractivity contribution in [3.8, 4) is 11.1 Å². The largest absolute Gasteiger partial charge is 0.416 e. The average molecular weight is 507 g/mol. The Kier molecular flexibility index (Phi) is 6.74. The predicted molar refractivity (Wildman–Crippen MR) is 119 cm³/mol. The number of sulfonamides is 1. The van der Waals surface area contributed by atoms with Gasteiger partial charge in [0.25, 0.3) is 5.91 Å². The van der Waals surface area contributed by atoms with Gasteiger partial charge >= 0.3 is 6.18 Å². The number of benzene rings is 2. The van der Waals surface area contributed by atoms with Gasteiger partial charge in [-0.3, -0.25) is 10.0 Å². The molecular weight excluding hydrogens is 487 g/mol. The number of aromatic nitrogens is 2. The Labute approximate surface area is 198 Å². The topological polar surface area (TPSA) is 116 Å². The standard InChI is InChI=1S/C22H20F3N5O4S/c23-22(24,25)18-3-1-2-16(12-18)15-4-6-19(7-5-15)35(33,34)30-10-8-29(9-11-30)21-26-13-17(14-27-21)20(31)28-32/h1-7,12-14,32H,8-11H2,(H,28,31). The van der Waals surface area contributed by atoms with Crippen molar-refractivity contribution in [3.05, 3.63) is 72.1 Å². The SMILES string of the molecule is O=C(NO)c1cnc(N2CCN(S(=O)(=O)c3ccc(-c4cccc(C(F)(F)F)c4)cc3)CC2)nc1. The molecule has 1 amide bonds. The van der Waals surface area contributed by atoms with Gasteiger partial charge in [-0.1, -0.05) is 24.3 Å². The van der Waals surface area contributed by atoms with E-state index in [-0.39, 0.29) is 23.5 Å². The Bertz CT molecular complexity index is 1310. The molecule has 2 heterocycles. The van der Waals surface area contributed by atoms with Crippen LogP contribution in [0.3, 0.4) is 0 Å². The molecule has 13 heteroatoms. The van der Waals surface area contributed by atoms with Gasteiger partial charge in [-0.25, -0.2) is 23.9 Å². The van der Waals surface area contributed by atoms with E-state index in [0.29, 0.717) is 30.2 Å². The highest BCUT2D eigenvalue weighted by Gasteiger charge is 2.31. The Morgan fingerprint density at radius 3 is 2.14 bits per heavy atom. The van der Waals surface area contributed by atoms with Crippen molar-refractivity contribution in [1.82, 2.24) is 19.8 Å². The highest BCUT2D eigenvalue weighted by molar-refractivity contribution is 7.89. The zero-order valence-electron chi connectivity index (χ0n) is 18.1. The molecule has 0 saturated carbocycles. The molecule has 1 aliphatic heterocycles. The first-order valence-corrected chi connectivity index (χ1v) is 11.8. The molecule has 1 aliphatic rings. The molecule has 0 aliphatic carbocycles. The highest BCUT2D eigenvalue weighted by atomic mass is 32.2. The molecule has 4 rings (SSSR count). The second-order valence-corrected chi connectivity index (χ2v) is 9.64. The summed E-state index contributed by atoms with van der Waals surface area (Å²) in [6.07, 6.45) is -1.96. The zero-order valence-corrected chi connectivity index (χ0v) is 18.9. The summed E-state index contributed by atoms with van der Waals surface area (Å²) in [5.41, 5.74) is 1.59. The summed E-state index contributed by atoms with van der Waals surface area (Å²) in [6.45, 7) is 0.958. The van der Waals surface area contributed by atoms with Crippen molar-refractivity contribution in [1.29, 1.82) is 0 Å². The first-order chi connectivity index (χ1) is 16.6. The van der Waals surface area contributed by atoms with E-state index in [0.717, 1.165) is 12.1 Å². The number of carbonyl (C=O) groups is 1. The van der Waals surface area contributed by atoms with Crippen LogP contribution in [0.15, 0.2) is 65.8 Å². The number of anilines is 1. The third-order valence-electron chi connectivity index (χ3n) is 5.54. The number of piperazine rings is 1. The Morgan fingerprint density at radius 1 is 0.943 bits per heavy atom. The van der Waals surface area contributed by atoms with Crippen molar-refractivity contribution in [2.75, 3.05) is 31.1 Å². The number of hydrogen-bond donors (Lipinski definition) is 2. The van der Waals surface area contributed by atoms with Gasteiger partial charge in [0.15, 0.2) is 0 Å². The van der Waals surface area contributed by atoms with E-state index in [1.165, 1.54) is 58.6 Å². The monoisotopic (exact) mass is 507 g/mol. The van der Waals surface area contributed by atoms with E-state index in [9.17, 15) is 26.4 Å². The van der Waals surface area contributed by atoms with Crippen molar-refractivity contribution in [2.24, 2.45) is 0 Å². The van der Waals surface area contributed by atoms with Gasteiger partial charge in [0.2, 0.25) is 16.0 Å². The molecule has 2 aromatic carbocycles. The molecular formula is C22H20F3N5O4S. The summed E-state index contributed by atoms with van der Waals surface area (Å²) in [4.78, 5) is 21.3. The van der Waals surface area contributed by atoms with E-state index in [1.54, 1.807) is 4.90 Å². The minimum atomic E-state index is -4.47. The van der Waals surface area contributed by atoms with Crippen molar-refractivity contribution < 1.29 is 31.6 Å². The number of alkyl halides is 3. The molecule has 0 atom stereocenters. The molecule has 3 aromatic rings. The predicted octanol–water partition coefficient (Wildman–Crippen LogP) is 2.79. The van der Waals surface area contributed by atoms with Crippen LogP contribution in [0.2, 0.25) is 0 Å². The number of halogens is 3.